The van der Waals surface area contributed by atoms with Gasteiger partial charge in [-0.3, -0.25) is 0 Å². The summed E-state index contributed by atoms with van der Waals surface area (Å²) in [5.74, 6) is 0. The highest BCUT2D eigenvalue weighted by Gasteiger charge is 2.23. The Hall–Kier alpha value is -0.950. The Labute approximate surface area is 147 Å². The third-order valence-electron chi connectivity index (χ3n) is 5.38. The Morgan fingerprint density at radius 3 is 2.08 bits per heavy atom. The number of piperazine rings is 1. The van der Waals surface area contributed by atoms with Crippen molar-refractivity contribution in [3.8, 4) is 0 Å². The number of rotatable bonds is 6. The molecule has 136 valence electrons. The van der Waals surface area contributed by atoms with E-state index < -0.39 is 10.0 Å². The van der Waals surface area contributed by atoms with Crippen LogP contribution in [0.25, 0.3) is 0 Å². The molecule has 24 heavy (non-hydrogen) atoms. The van der Waals surface area contributed by atoms with E-state index >= 15 is 0 Å². The average molecular weight is 356 g/mol. The van der Waals surface area contributed by atoms with Crippen molar-refractivity contribution in [1.29, 1.82) is 0 Å². The lowest BCUT2D eigenvalue weighted by molar-refractivity contribution is -1.00. The van der Waals surface area contributed by atoms with Crippen LogP contribution < -0.4 is 14.5 Å². The van der Waals surface area contributed by atoms with Gasteiger partial charge in [0.05, 0.1) is 18.5 Å². The van der Waals surface area contributed by atoms with Gasteiger partial charge in [0.15, 0.2) is 0 Å². The van der Waals surface area contributed by atoms with Gasteiger partial charge in [0.25, 0.3) is 0 Å². The summed E-state index contributed by atoms with van der Waals surface area (Å²) in [6.07, 6.45) is 0.885. The molecule has 0 radical (unpaired) electrons. The molecule has 0 saturated carbocycles. The standard InChI is InChI=1S/C18H31N3O2S/c1-14-13-15(2)17(4)18(16(14)3)24(22,23)19-7-6-8-21-11-9-20(5)10-12-21/h13,19H,6-12H2,1-5H3/p+2. The lowest BCUT2D eigenvalue weighted by atomic mass is 10.0. The van der Waals surface area contributed by atoms with Crippen LogP contribution in [0.15, 0.2) is 11.0 Å². The molecule has 5 nitrogen and oxygen atoms in total. The fraction of sp³-hybridized carbons (Fsp3) is 0.667. The second kappa shape index (κ2) is 7.95. The summed E-state index contributed by atoms with van der Waals surface area (Å²) < 4.78 is 28.3. The smallest absolute Gasteiger partial charge is 0.241 e. The first kappa shape index (κ1) is 19.4. The molecule has 1 fully saturated rings. The van der Waals surface area contributed by atoms with Gasteiger partial charge in [-0.2, -0.15) is 0 Å². The number of nitrogens with one attached hydrogen (secondary N) is 3. The molecule has 1 aliphatic rings. The summed E-state index contributed by atoms with van der Waals surface area (Å²) in [4.78, 5) is 3.66. The molecule has 0 spiro atoms. The topological polar surface area (TPSA) is 55.0 Å². The number of quaternary nitrogens is 2. The largest absolute Gasteiger partial charge is 0.328 e. The van der Waals surface area contributed by atoms with Crippen LogP contribution in [0.2, 0.25) is 0 Å². The average Bonchev–Trinajstić information content (AvgIpc) is 2.51. The van der Waals surface area contributed by atoms with Crippen LogP contribution >= 0.6 is 0 Å². The normalized spacial score (nSPS) is 21.9. The summed E-state index contributed by atoms with van der Waals surface area (Å²) in [6, 6.07) is 2.06. The van der Waals surface area contributed by atoms with Gasteiger partial charge in [0.1, 0.15) is 26.2 Å². The van der Waals surface area contributed by atoms with E-state index in [2.05, 4.69) is 17.8 Å². The predicted molar refractivity (Wildman–Crippen MR) is 97.4 cm³/mol. The second-order valence-corrected chi connectivity index (χ2v) is 9.00. The molecule has 1 aliphatic heterocycles. The zero-order valence-corrected chi connectivity index (χ0v) is 16.6. The van der Waals surface area contributed by atoms with Gasteiger partial charge in [-0.1, -0.05) is 6.07 Å². The van der Waals surface area contributed by atoms with Crippen molar-refractivity contribution in [3.63, 3.8) is 0 Å². The molecule has 0 bridgehead atoms. The van der Waals surface area contributed by atoms with E-state index in [-0.39, 0.29) is 0 Å². The van der Waals surface area contributed by atoms with Crippen LogP contribution in [-0.4, -0.2) is 54.7 Å². The van der Waals surface area contributed by atoms with Crippen molar-refractivity contribution in [2.75, 3.05) is 46.3 Å². The zero-order chi connectivity index (χ0) is 17.9. The molecule has 1 saturated heterocycles. The van der Waals surface area contributed by atoms with Crippen LogP contribution in [-0.2, 0) is 10.0 Å². The van der Waals surface area contributed by atoms with E-state index in [1.54, 1.807) is 9.80 Å². The molecular weight excluding hydrogens is 322 g/mol. The van der Waals surface area contributed by atoms with Gasteiger partial charge in [-0.05, 0) is 49.9 Å². The predicted octanol–water partition coefficient (Wildman–Crippen LogP) is -0.998. The summed E-state index contributed by atoms with van der Waals surface area (Å²) in [6.45, 7) is 14.1. The van der Waals surface area contributed by atoms with Gasteiger partial charge < -0.3 is 9.80 Å². The third-order valence-corrected chi connectivity index (χ3v) is 7.11. The van der Waals surface area contributed by atoms with E-state index in [4.69, 9.17) is 0 Å². The highest BCUT2D eigenvalue weighted by atomic mass is 32.2. The van der Waals surface area contributed by atoms with Gasteiger partial charge in [-0.15, -0.1) is 0 Å². The highest BCUT2D eigenvalue weighted by Crippen LogP contribution is 2.25. The van der Waals surface area contributed by atoms with Gasteiger partial charge in [-0.25, -0.2) is 13.1 Å². The lowest BCUT2D eigenvalue weighted by Gasteiger charge is -2.27. The van der Waals surface area contributed by atoms with Crippen molar-refractivity contribution < 1.29 is 18.2 Å². The number of hydrogen-bond donors (Lipinski definition) is 3. The lowest BCUT2D eigenvalue weighted by Crippen LogP contribution is -3.27. The molecule has 1 aromatic carbocycles. The minimum atomic E-state index is -3.44. The Kier molecular flexibility index (Phi) is 6.42. The van der Waals surface area contributed by atoms with Crippen molar-refractivity contribution in [2.24, 2.45) is 0 Å². The minimum Gasteiger partial charge on any atom is -0.328 e. The van der Waals surface area contributed by atoms with Crippen LogP contribution in [0.4, 0.5) is 0 Å². The summed E-state index contributed by atoms with van der Waals surface area (Å²) >= 11 is 0. The summed E-state index contributed by atoms with van der Waals surface area (Å²) in [5.41, 5.74) is 3.78. The van der Waals surface area contributed by atoms with E-state index in [9.17, 15) is 8.42 Å². The number of hydrogen-bond acceptors (Lipinski definition) is 2. The molecule has 1 heterocycles. The van der Waals surface area contributed by atoms with E-state index in [1.807, 2.05) is 27.7 Å². The quantitative estimate of drug-likeness (QED) is 0.574. The van der Waals surface area contributed by atoms with Crippen molar-refractivity contribution in [3.05, 3.63) is 28.3 Å². The van der Waals surface area contributed by atoms with Gasteiger partial charge in [0, 0.05) is 13.0 Å². The van der Waals surface area contributed by atoms with Crippen LogP contribution in [0.5, 0.6) is 0 Å². The zero-order valence-electron chi connectivity index (χ0n) is 15.8. The molecule has 0 atom stereocenters. The molecule has 0 amide bonds. The highest BCUT2D eigenvalue weighted by molar-refractivity contribution is 7.89. The fourth-order valence-electron chi connectivity index (χ4n) is 3.48. The third kappa shape index (κ3) is 4.57. The first-order valence-electron chi connectivity index (χ1n) is 8.94. The van der Waals surface area contributed by atoms with Crippen molar-refractivity contribution in [1.82, 2.24) is 4.72 Å². The minimum absolute atomic E-state index is 0.468. The number of sulfonamides is 1. The van der Waals surface area contributed by atoms with Crippen LogP contribution in [0.3, 0.4) is 0 Å². The SMILES string of the molecule is Cc1cc(C)c(C)c(S(=O)(=O)NCCC[NH+]2CC[NH+](C)CC2)c1C. The summed E-state index contributed by atoms with van der Waals surface area (Å²) in [5, 5.41) is 0. The number of benzene rings is 1. The molecular formula is C18H33N3O2S+2. The van der Waals surface area contributed by atoms with Crippen LogP contribution in [0, 0.1) is 27.7 Å². The second-order valence-electron chi connectivity index (χ2n) is 7.30. The van der Waals surface area contributed by atoms with Crippen LogP contribution in [0.1, 0.15) is 28.7 Å². The number of likely N-dealkylation sites (N-methyl/N-ethyl adjacent to an activating group) is 1. The van der Waals surface area contributed by atoms with Crippen molar-refractivity contribution >= 4 is 10.0 Å². The Morgan fingerprint density at radius 2 is 1.54 bits per heavy atom. The molecule has 6 heteroatoms. The van der Waals surface area contributed by atoms with E-state index in [1.165, 1.54) is 26.2 Å². The van der Waals surface area contributed by atoms with E-state index in [0.717, 1.165) is 35.2 Å². The van der Waals surface area contributed by atoms with Gasteiger partial charge >= 0.3 is 0 Å². The molecule has 1 aromatic rings. The maximum Gasteiger partial charge on any atom is 0.241 e. The monoisotopic (exact) mass is 355 g/mol. The van der Waals surface area contributed by atoms with Gasteiger partial charge in [0.2, 0.25) is 10.0 Å². The first-order chi connectivity index (χ1) is 11.2. The number of aryl methyl sites for hydroxylation is 2. The maximum absolute atomic E-state index is 12.8. The Bertz CT molecular complexity index is 652. The fourth-order valence-corrected chi connectivity index (χ4v) is 5.17. The molecule has 3 N–H and O–H groups in total. The Morgan fingerprint density at radius 1 is 1.00 bits per heavy atom. The molecule has 0 aliphatic carbocycles. The maximum atomic E-state index is 12.8. The molecule has 0 unspecified atom stereocenters. The Balaban J connectivity index is 1.95. The van der Waals surface area contributed by atoms with E-state index in [0.29, 0.717) is 11.4 Å². The molecule has 2 rings (SSSR count). The summed E-state index contributed by atoms with van der Waals surface area (Å²) in [7, 11) is -1.21. The van der Waals surface area contributed by atoms with Crippen molar-refractivity contribution in [2.45, 2.75) is 39.0 Å². The molecule has 0 aromatic heterocycles. The first-order valence-corrected chi connectivity index (χ1v) is 10.4.